The first kappa shape index (κ1) is 14.0. The van der Waals surface area contributed by atoms with Crippen molar-refractivity contribution >= 4 is 11.9 Å². The van der Waals surface area contributed by atoms with Gasteiger partial charge in [0.25, 0.3) is 0 Å². The second kappa shape index (κ2) is 5.05. The van der Waals surface area contributed by atoms with Gasteiger partial charge in [0.1, 0.15) is 16.7 Å². The standard InChI is InChI=1S/C12H14O6/c1-12(2,3)18-17-9-7(10(13)14)5-4-6-8(9)11(15)16/h4-6H,1-3H3,(H,13,14)(H,15,16). The summed E-state index contributed by atoms with van der Waals surface area (Å²) in [5.74, 6) is -2.89. The normalized spacial score (nSPS) is 11.1. The molecule has 0 aliphatic heterocycles. The number of aromatic carboxylic acids is 2. The monoisotopic (exact) mass is 254 g/mol. The van der Waals surface area contributed by atoms with Gasteiger partial charge in [0.15, 0.2) is 5.75 Å². The van der Waals surface area contributed by atoms with Gasteiger partial charge in [-0.3, -0.25) is 0 Å². The fourth-order valence-electron chi connectivity index (χ4n) is 1.13. The molecule has 1 aromatic carbocycles. The van der Waals surface area contributed by atoms with Crippen LogP contribution in [0.4, 0.5) is 0 Å². The second-order valence-electron chi connectivity index (χ2n) is 4.57. The van der Waals surface area contributed by atoms with Gasteiger partial charge >= 0.3 is 11.9 Å². The molecule has 6 nitrogen and oxygen atoms in total. The van der Waals surface area contributed by atoms with Crippen LogP contribution in [-0.4, -0.2) is 27.8 Å². The van der Waals surface area contributed by atoms with Crippen molar-refractivity contribution in [1.82, 2.24) is 0 Å². The summed E-state index contributed by atoms with van der Waals surface area (Å²) in [7, 11) is 0. The predicted octanol–water partition coefficient (Wildman–Crippen LogP) is 2.19. The molecule has 6 heteroatoms. The number of rotatable bonds is 4. The fraction of sp³-hybridized carbons (Fsp3) is 0.333. The van der Waals surface area contributed by atoms with Gasteiger partial charge in [0.05, 0.1) is 0 Å². The van der Waals surface area contributed by atoms with Crippen molar-refractivity contribution in [3.8, 4) is 5.75 Å². The number of benzene rings is 1. The van der Waals surface area contributed by atoms with Gasteiger partial charge in [-0.05, 0) is 32.9 Å². The lowest BCUT2D eigenvalue weighted by Gasteiger charge is -2.19. The summed E-state index contributed by atoms with van der Waals surface area (Å²) in [6, 6.07) is 3.82. The van der Waals surface area contributed by atoms with E-state index in [4.69, 9.17) is 20.0 Å². The van der Waals surface area contributed by atoms with Crippen LogP contribution in [0.15, 0.2) is 18.2 Å². The number of carboxylic acid groups (broad SMARTS) is 2. The Morgan fingerprint density at radius 1 is 1.06 bits per heavy atom. The van der Waals surface area contributed by atoms with E-state index in [1.54, 1.807) is 20.8 Å². The summed E-state index contributed by atoms with van der Waals surface area (Å²) in [5, 5.41) is 17.9. The Kier molecular flexibility index (Phi) is 3.93. The van der Waals surface area contributed by atoms with Gasteiger partial charge in [-0.2, -0.15) is 4.89 Å². The molecule has 0 aliphatic rings. The largest absolute Gasteiger partial charge is 0.478 e. The highest BCUT2D eigenvalue weighted by atomic mass is 17.2. The summed E-state index contributed by atoms with van der Waals surface area (Å²) < 4.78 is 0. The highest BCUT2D eigenvalue weighted by Gasteiger charge is 2.23. The lowest BCUT2D eigenvalue weighted by molar-refractivity contribution is -0.275. The fourth-order valence-corrected chi connectivity index (χ4v) is 1.13. The van der Waals surface area contributed by atoms with Crippen molar-refractivity contribution in [3.05, 3.63) is 29.3 Å². The number of hydrogen-bond donors (Lipinski definition) is 2. The Morgan fingerprint density at radius 2 is 1.50 bits per heavy atom. The lowest BCUT2D eigenvalue weighted by atomic mass is 10.1. The van der Waals surface area contributed by atoms with E-state index >= 15 is 0 Å². The third-order valence-electron chi connectivity index (χ3n) is 1.85. The Bertz CT molecular complexity index is 440. The van der Waals surface area contributed by atoms with Gasteiger partial charge in [-0.25, -0.2) is 9.59 Å². The molecule has 0 heterocycles. The zero-order valence-corrected chi connectivity index (χ0v) is 10.3. The quantitative estimate of drug-likeness (QED) is 0.632. The summed E-state index contributed by atoms with van der Waals surface area (Å²) in [4.78, 5) is 31.8. The number of carboxylic acids is 2. The molecule has 0 fully saturated rings. The maximum absolute atomic E-state index is 11.0. The first-order valence-electron chi connectivity index (χ1n) is 5.17. The molecular weight excluding hydrogens is 240 g/mol. The molecule has 0 aliphatic carbocycles. The molecule has 0 saturated heterocycles. The summed E-state index contributed by atoms with van der Waals surface area (Å²) in [6.45, 7) is 5.07. The van der Waals surface area contributed by atoms with Crippen LogP contribution in [0.3, 0.4) is 0 Å². The van der Waals surface area contributed by atoms with E-state index in [2.05, 4.69) is 0 Å². The highest BCUT2D eigenvalue weighted by Crippen LogP contribution is 2.26. The minimum Gasteiger partial charge on any atom is -0.478 e. The van der Waals surface area contributed by atoms with Crippen LogP contribution >= 0.6 is 0 Å². The summed E-state index contributed by atoms with van der Waals surface area (Å²) in [6.07, 6.45) is 0. The average Bonchev–Trinajstić information content (AvgIpc) is 2.24. The molecule has 1 rings (SSSR count). The third kappa shape index (κ3) is 3.46. The van der Waals surface area contributed by atoms with Gasteiger partial charge in [0.2, 0.25) is 0 Å². The first-order chi connectivity index (χ1) is 8.22. The predicted molar refractivity (Wildman–Crippen MR) is 61.8 cm³/mol. The molecular formula is C12H14O6. The summed E-state index contributed by atoms with van der Waals surface area (Å²) in [5.41, 5.74) is -1.22. The summed E-state index contributed by atoms with van der Waals surface area (Å²) >= 11 is 0. The van der Waals surface area contributed by atoms with E-state index in [0.717, 1.165) is 0 Å². The molecule has 2 N–H and O–H groups in total. The number of para-hydroxylation sites is 1. The van der Waals surface area contributed by atoms with E-state index < -0.39 is 17.5 Å². The zero-order chi connectivity index (χ0) is 13.9. The highest BCUT2D eigenvalue weighted by molar-refractivity contribution is 5.98. The Labute approximate surface area is 104 Å². The molecule has 0 radical (unpaired) electrons. The van der Waals surface area contributed by atoms with E-state index in [0.29, 0.717) is 0 Å². The second-order valence-corrected chi connectivity index (χ2v) is 4.57. The SMILES string of the molecule is CC(C)(C)OOc1c(C(=O)O)cccc1C(=O)O. The van der Waals surface area contributed by atoms with Crippen molar-refractivity contribution in [3.63, 3.8) is 0 Å². The topological polar surface area (TPSA) is 93.1 Å². The average molecular weight is 254 g/mol. The van der Waals surface area contributed by atoms with E-state index in [9.17, 15) is 9.59 Å². The van der Waals surface area contributed by atoms with Crippen molar-refractivity contribution in [2.45, 2.75) is 26.4 Å². The molecule has 0 atom stereocenters. The van der Waals surface area contributed by atoms with Crippen LogP contribution in [0, 0.1) is 0 Å². The Morgan fingerprint density at radius 3 is 1.83 bits per heavy atom. The van der Waals surface area contributed by atoms with E-state index in [1.807, 2.05) is 0 Å². The van der Waals surface area contributed by atoms with Crippen LogP contribution in [0.2, 0.25) is 0 Å². The smallest absolute Gasteiger partial charge is 0.339 e. The van der Waals surface area contributed by atoms with Gasteiger partial charge < -0.3 is 15.1 Å². The molecule has 0 saturated carbocycles. The molecule has 18 heavy (non-hydrogen) atoms. The maximum atomic E-state index is 11.0. The molecule has 1 aromatic rings. The van der Waals surface area contributed by atoms with Gasteiger partial charge in [0, 0.05) is 0 Å². The molecule has 0 unspecified atom stereocenters. The van der Waals surface area contributed by atoms with E-state index in [-0.39, 0.29) is 16.9 Å². The first-order valence-corrected chi connectivity index (χ1v) is 5.17. The Hall–Kier alpha value is -2.08. The van der Waals surface area contributed by atoms with Crippen LogP contribution in [0.5, 0.6) is 5.75 Å². The van der Waals surface area contributed by atoms with Crippen LogP contribution in [-0.2, 0) is 4.89 Å². The van der Waals surface area contributed by atoms with Crippen molar-refractivity contribution in [2.24, 2.45) is 0 Å². The molecule has 0 bridgehead atoms. The van der Waals surface area contributed by atoms with Crippen LogP contribution in [0.25, 0.3) is 0 Å². The van der Waals surface area contributed by atoms with Gasteiger partial charge in [-0.1, -0.05) is 6.07 Å². The third-order valence-corrected chi connectivity index (χ3v) is 1.85. The molecule has 0 spiro atoms. The zero-order valence-electron chi connectivity index (χ0n) is 10.3. The van der Waals surface area contributed by atoms with E-state index in [1.165, 1.54) is 18.2 Å². The minimum atomic E-state index is -1.29. The maximum Gasteiger partial charge on any atom is 0.339 e. The van der Waals surface area contributed by atoms with Crippen LogP contribution < -0.4 is 4.89 Å². The van der Waals surface area contributed by atoms with Crippen molar-refractivity contribution in [1.29, 1.82) is 0 Å². The minimum absolute atomic E-state index is 0.265. The van der Waals surface area contributed by atoms with Crippen LogP contribution in [0.1, 0.15) is 41.5 Å². The van der Waals surface area contributed by atoms with Gasteiger partial charge in [-0.15, -0.1) is 0 Å². The molecule has 0 aromatic heterocycles. The molecule has 0 amide bonds. The van der Waals surface area contributed by atoms with Crippen molar-refractivity contribution in [2.75, 3.05) is 0 Å². The number of carbonyl (C=O) groups is 2. The Balaban J connectivity index is 3.19. The number of hydrogen-bond acceptors (Lipinski definition) is 4. The lowest BCUT2D eigenvalue weighted by Crippen LogP contribution is -2.23. The molecule has 98 valence electrons. The van der Waals surface area contributed by atoms with Crippen molar-refractivity contribution < 1.29 is 29.6 Å².